The number of hydrogen-bond donors (Lipinski definition) is 2. The van der Waals surface area contributed by atoms with Crippen molar-refractivity contribution in [3.8, 4) is 11.1 Å². The van der Waals surface area contributed by atoms with Crippen molar-refractivity contribution >= 4 is 18.0 Å². The fraction of sp³-hybridized carbons (Fsp3) is 0.192. The van der Waals surface area contributed by atoms with Gasteiger partial charge in [0, 0.05) is 13.0 Å². The second kappa shape index (κ2) is 10.2. The molecule has 0 saturated heterocycles. The number of likely N-dealkylation sites (N-methyl/N-ethyl adjacent to an activating group) is 1. The maximum Gasteiger partial charge on any atom is 0.408 e. The van der Waals surface area contributed by atoms with Crippen LogP contribution in [0.5, 0.6) is 0 Å². The van der Waals surface area contributed by atoms with Crippen molar-refractivity contribution in [2.24, 2.45) is 0 Å². The van der Waals surface area contributed by atoms with E-state index in [4.69, 9.17) is 14.7 Å². The van der Waals surface area contributed by atoms with Crippen LogP contribution < -0.4 is 5.32 Å². The molecule has 2 amide bonds. The van der Waals surface area contributed by atoms with Crippen LogP contribution in [0, 0.1) is 0 Å². The van der Waals surface area contributed by atoms with Gasteiger partial charge in [-0.05, 0) is 27.8 Å². The molecule has 1 aliphatic carbocycles. The number of hydroxylamine groups is 2. The first-order valence-corrected chi connectivity index (χ1v) is 10.7. The Kier molecular flexibility index (Phi) is 6.89. The molecule has 34 heavy (non-hydrogen) atoms. The van der Waals surface area contributed by atoms with Crippen LogP contribution in [0.1, 0.15) is 28.7 Å². The molecule has 8 heteroatoms. The van der Waals surface area contributed by atoms with Gasteiger partial charge in [0.05, 0.1) is 0 Å². The summed E-state index contributed by atoms with van der Waals surface area (Å²) < 4.78 is 5.56. The lowest BCUT2D eigenvalue weighted by Crippen LogP contribution is -2.42. The van der Waals surface area contributed by atoms with Gasteiger partial charge in [0.15, 0.2) is 6.61 Å². The summed E-state index contributed by atoms with van der Waals surface area (Å²) in [7, 11) is 1.29. The predicted molar refractivity (Wildman–Crippen MR) is 124 cm³/mol. The number of ether oxygens (including phenoxy) is 1. The fourth-order valence-electron chi connectivity index (χ4n) is 4.09. The molecule has 4 rings (SSSR count). The smallest absolute Gasteiger partial charge is 0.408 e. The third-order valence-electron chi connectivity index (χ3n) is 5.68. The van der Waals surface area contributed by atoms with Crippen LogP contribution in [0.25, 0.3) is 11.1 Å². The molecule has 1 atom stereocenters. The predicted octanol–water partition coefficient (Wildman–Crippen LogP) is 3.74. The van der Waals surface area contributed by atoms with Gasteiger partial charge in [0.1, 0.15) is 12.6 Å². The van der Waals surface area contributed by atoms with Crippen molar-refractivity contribution in [2.45, 2.75) is 12.0 Å². The highest BCUT2D eigenvalue weighted by molar-refractivity contribution is 5.86. The van der Waals surface area contributed by atoms with Crippen LogP contribution in [-0.2, 0) is 19.2 Å². The Balaban J connectivity index is 1.47. The SMILES string of the molecule is CN(OCC(=O)O)C(=O)[C@H](NC(=O)OCC1c2ccccc2-c2ccccc21)c1ccccc1. The van der Waals surface area contributed by atoms with E-state index in [2.05, 4.69) is 5.32 Å². The van der Waals surface area contributed by atoms with Crippen molar-refractivity contribution < 1.29 is 29.1 Å². The van der Waals surface area contributed by atoms with Crippen LogP contribution >= 0.6 is 0 Å². The standard InChI is InChI=1S/C26H24N2O6/c1-28(34-16-23(29)30)25(31)24(17-9-3-2-4-10-17)27-26(32)33-15-22-20-13-7-5-11-18(20)19-12-6-8-14-21(19)22/h2-14,22,24H,15-16H2,1H3,(H,27,32)(H,29,30)/t24-/m1/s1. The van der Waals surface area contributed by atoms with Crippen molar-refractivity contribution in [1.82, 2.24) is 10.4 Å². The average Bonchev–Trinajstić information content (AvgIpc) is 3.18. The summed E-state index contributed by atoms with van der Waals surface area (Å²) in [5.41, 5.74) is 4.89. The van der Waals surface area contributed by atoms with Gasteiger partial charge in [-0.1, -0.05) is 78.9 Å². The molecule has 3 aromatic carbocycles. The minimum atomic E-state index is -1.22. The third kappa shape index (κ3) is 4.92. The number of alkyl carbamates (subject to hydrolysis) is 1. The number of hydrogen-bond acceptors (Lipinski definition) is 5. The number of amides is 2. The van der Waals surface area contributed by atoms with E-state index in [0.29, 0.717) is 5.56 Å². The van der Waals surface area contributed by atoms with Crippen molar-refractivity contribution in [2.75, 3.05) is 20.3 Å². The molecule has 0 heterocycles. The molecule has 0 fully saturated rings. The van der Waals surface area contributed by atoms with Crippen LogP contribution in [0.15, 0.2) is 78.9 Å². The minimum Gasteiger partial charge on any atom is -0.479 e. The van der Waals surface area contributed by atoms with E-state index in [1.807, 2.05) is 48.5 Å². The number of carbonyl (C=O) groups is 3. The summed E-state index contributed by atoms with van der Waals surface area (Å²) in [4.78, 5) is 41.4. The van der Waals surface area contributed by atoms with E-state index >= 15 is 0 Å². The Morgan fingerprint density at radius 3 is 2.06 bits per heavy atom. The van der Waals surface area contributed by atoms with Gasteiger partial charge < -0.3 is 15.2 Å². The zero-order chi connectivity index (χ0) is 24.1. The van der Waals surface area contributed by atoms with Gasteiger partial charge in [-0.25, -0.2) is 14.7 Å². The van der Waals surface area contributed by atoms with Crippen LogP contribution in [0.4, 0.5) is 4.79 Å². The zero-order valence-corrected chi connectivity index (χ0v) is 18.5. The second-order valence-electron chi connectivity index (χ2n) is 7.82. The second-order valence-corrected chi connectivity index (χ2v) is 7.82. The number of carbonyl (C=O) groups excluding carboxylic acids is 2. The number of carboxylic acids is 1. The first-order valence-electron chi connectivity index (χ1n) is 10.7. The Morgan fingerprint density at radius 1 is 0.912 bits per heavy atom. The lowest BCUT2D eigenvalue weighted by atomic mass is 9.98. The lowest BCUT2D eigenvalue weighted by molar-refractivity contribution is -0.187. The monoisotopic (exact) mass is 460 g/mol. The number of nitrogens with one attached hydrogen (secondary N) is 1. The lowest BCUT2D eigenvalue weighted by Gasteiger charge is -2.24. The normalized spacial score (nSPS) is 12.9. The minimum absolute atomic E-state index is 0.0981. The van der Waals surface area contributed by atoms with Crippen molar-refractivity contribution in [3.05, 3.63) is 95.6 Å². The first-order chi connectivity index (χ1) is 16.5. The highest BCUT2D eigenvalue weighted by atomic mass is 16.7. The van der Waals surface area contributed by atoms with E-state index in [9.17, 15) is 14.4 Å². The molecule has 174 valence electrons. The Morgan fingerprint density at radius 2 is 1.47 bits per heavy atom. The van der Waals surface area contributed by atoms with E-state index in [1.165, 1.54) is 7.05 Å². The molecule has 0 bridgehead atoms. The summed E-state index contributed by atoms with van der Waals surface area (Å²) in [6, 6.07) is 23.5. The topological polar surface area (TPSA) is 105 Å². The number of nitrogens with zero attached hydrogens (tertiary/aromatic N) is 1. The molecule has 2 N–H and O–H groups in total. The third-order valence-corrected chi connectivity index (χ3v) is 5.68. The van der Waals surface area contributed by atoms with Crippen LogP contribution in [0.2, 0.25) is 0 Å². The van der Waals surface area contributed by atoms with E-state index in [0.717, 1.165) is 27.3 Å². The maximum absolute atomic E-state index is 12.9. The molecule has 0 spiro atoms. The van der Waals surface area contributed by atoms with Crippen molar-refractivity contribution in [3.63, 3.8) is 0 Å². The van der Waals surface area contributed by atoms with Gasteiger partial charge in [-0.15, -0.1) is 0 Å². The van der Waals surface area contributed by atoms with Gasteiger partial charge >= 0.3 is 12.1 Å². The van der Waals surface area contributed by atoms with E-state index < -0.39 is 30.6 Å². The van der Waals surface area contributed by atoms with E-state index in [-0.39, 0.29) is 12.5 Å². The summed E-state index contributed by atoms with van der Waals surface area (Å²) in [5.74, 6) is -1.98. The Bertz CT molecular complexity index is 1150. The molecular weight excluding hydrogens is 436 g/mol. The van der Waals surface area contributed by atoms with E-state index in [1.54, 1.807) is 30.3 Å². The number of rotatable bonds is 8. The maximum atomic E-state index is 12.9. The molecule has 8 nitrogen and oxygen atoms in total. The van der Waals surface area contributed by atoms with Crippen molar-refractivity contribution in [1.29, 1.82) is 0 Å². The fourth-order valence-corrected chi connectivity index (χ4v) is 4.09. The average molecular weight is 460 g/mol. The molecule has 0 radical (unpaired) electrons. The quantitative estimate of drug-likeness (QED) is 0.496. The molecule has 0 aromatic heterocycles. The summed E-state index contributed by atoms with van der Waals surface area (Å²) in [6.07, 6.45) is -0.768. The zero-order valence-electron chi connectivity index (χ0n) is 18.5. The first kappa shape index (κ1) is 23.0. The summed E-state index contributed by atoms with van der Waals surface area (Å²) in [6.45, 7) is -0.588. The van der Waals surface area contributed by atoms with Gasteiger partial charge in [-0.3, -0.25) is 9.63 Å². The molecule has 0 unspecified atom stereocenters. The number of aliphatic carboxylic acids is 1. The van der Waals surface area contributed by atoms with Crippen LogP contribution in [0.3, 0.4) is 0 Å². The molecule has 0 saturated carbocycles. The number of fused-ring (bicyclic) bond motifs is 3. The highest BCUT2D eigenvalue weighted by Gasteiger charge is 2.31. The largest absolute Gasteiger partial charge is 0.479 e. The Labute approximate surface area is 196 Å². The van der Waals surface area contributed by atoms with Crippen LogP contribution in [-0.4, -0.2) is 48.4 Å². The number of benzene rings is 3. The summed E-state index contributed by atoms with van der Waals surface area (Å²) >= 11 is 0. The van der Waals surface area contributed by atoms with Gasteiger partial charge in [0.25, 0.3) is 5.91 Å². The molecule has 3 aromatic rings. The van der Waals surface area contributed by atoms with Gasteiger partial charge in [-0.2, -0.15) is 0 Å². The Hall–Kier alpha value is -4.17. The molecular formula is C26H24N2O6. The molecule has 0 aliphatic heterocycles. The summed E-state index contributed by atoms with van der Waals surface area (Å²) in [5, 5.41) is 12.2. The molecule has 1 aliphatic rings. The number of carboxylic acid groups (broad SMARTS) is 1. The highest BCUT2D eigenvalue weighted by Crippen LogP contribution is 2.44. The van der Waals surface area contributed by atoms with Gasteiger partial charge in [0.2, 0.25) is 0 Å².